The third-order valence-electron chi connectivity index (χ3n) is 1.85. The number of rotatable bonds is 2. The molecule has 1 heterocycles. The summed E-state index contributed by atoms with van der Waals surface area (Å²) in [5.74, 6) is 0.270. The summed E-state index contributed by atoms with van der Waals surface area (Å²) in [6.07, 6.45) is 3.03. The van der Waals surface area contributed by atoms with Gasteiger partial charge in [0.15, 0.2) is 0 Å². The van der Waals surface area contributed by atoms with Crippen molar-refractivity contribution in [1.82, 2.24) is 9.97 Å². The van der Waals surface area contributed by atoms with E-state index in [1.165, 1.54) is 12.4 Å². The van der Waals surface area contributed by atoms with Gasteiger partial charge in [-0.15, -0.1) is 0 Å². The molecular weight excluding hydrogens is 341 g/mol. The van der Waals surface area contributed by atoms with Crippen molar-refractivity contribution in [3.05, 3.63) is 45.5 Å². The van der Waals surface area contributed by atoms with Gasteiger partial charge in [-0.05, 0) is 50.1 Å². The summed E-state index contributed by atoms with van der Waals surface area (Å²) >= 11 is 6.39. The highest BCUT2D eigenvalue weighted by Gasteiger charge is 2.04. The Morgan fingerprint density at radius 2 is 2.00 bits per heavy atom. The van der Waals surface area contributed by atoms with Crippen molar-refractivity contribution >= 4 is 43.4 Å². The standard InChI is InChI=1S/C10H6Br2FN3/c11-7-2-1-6(3-9(7)13)16-10-8(12)4-14-5-15-10/h1-5H,(H,14,15,16). The summed E-state index contributed by atoms with van der Waals surface area (Å²) < 4.78 is 14.4. The van der Waals surface area contributed by atoms with E-state index < -0.39 is 0 Å². The van der Waals surface area contributed by atoms with Crippen LogP contribution in [0.4, 0.5) is 15.9 Å². The van der Waals surface area contributed by atoms with E-state index >= 15 is 0 Å². The lowest BCUT2D eigenvalue weighted by atomic mass is 10.3. The molecule has 0 spiro atoms. The largest absolute Gasteiger partial charge is 0.339 e. The predicted octanol–water partition coefficient (Wildman–Crippen LogP) is 3.88. The van der Waals surface area contributed by atoms with Gasteiger partial charge < -0.3 is 5.32 Å². The fraction of sp³-hybridized carbons (Fsp3) is 0. The van der Waals surface area contributed by atoms with Crippen LogP contribution in [-0.4, -0.2) is 9.97 Å². The van der Waals surface area contributed by atoms with Crippen molar-refractivity contribution in [1.29, 1.82) is 0 Å². The minimum absolute atomic E-state index is 0.324. The molecule has 0 saturated heterocycles. The molecule has 0 saturated carbocycles. The Bertz CT molecular complexity index is 519. The molecule has 1 aromatic heterocycles. The van der Waals surface area contributed by atoms with Crippen molar-refractivity contribution in [3.8, 4) is 0 Å². The molecule has 0 atom stereocenters. The zero-order valence-corrected chi connectivity index (χ0v) is 11.1. The van der Waals surface area contributed by atoms with Gasteiger partial charge in [-0.3, -0.25) is 0 Å². The van der Waals surface area contributed by atoms with Gasteiger partial charge in [-0.1, -0.05) is 0 Å². The van der Waals surface area contributed by atoms with Crippen LogP contribution in [0.25, 0.3) is 0 Å². The van der Waals surface area contributed by atoms with E-state index in [0.29, 0.717) is 16.0 Å². The fourth-order valence-corrected chi connectivity index (χ4v) is 1.68. The lowest BCUT2D eigenvalue weighted by Gasteiger charge is -2.07. The van der Waals surface area contributed by atoms with Crippen molar-refractivity contribution in [2.75, 3.05) is 5.32 Å². The Morgan fingerprint density at radius 3 is 2.69 bits per heavy atom. The number of aromatic nitrogens is 2. The second kappa shape index (κ2) is 4.88. The van der Waals surface area contributed by atoms with Crippen LogP contribution in [0.15, 0.2) is 39.7 Å². The van der Waals surface area contributed by atoms with Gasteiger partial charge in [0.05, 0.1) is 8.95 Å². The van der Waals surface area contributed by atoms with Crippen LogP contribution in [0, 0.1) is 5.82 Å². The van der Waals surface area contributed by atoms with Crippen LogP contribution in [0.5, 0.6) is 0 Å². The molecule has 0 amide bonds. The number of nitrogens with one attached hydrogen (secondary N) is 1. The summed E-state index contributed by atoms with van der Waals surface area (Å²) in [6.45, 7) is 0. The molecule has 0 radical (unpaired) electrons. The zero-order chi connectivity index (χ0) is 11.5. The second-order valence-corrected chi connectivity index (χ2v) is 4.68. The highest BCUT2D eigenvalue weighted by atomic mass is 79.9. The van der Waals surface area contributed by atoms with Crippen LogP contribution < -0.4 is 5.32 Å². The fourth-order valence-electron chi connectivity index (χ4n) is 1.12. The van der Waals surface area contributed by atoms with E-state index in [9.17, 15) is 4.39 Å². The van der Waals surface area contributed by atoms with Gasteiger partial charge >= 0.3 is 0 Å². The van der Waals surface area contributed by atoms with Crippen molar-refractivity contribution in [3.63, 3.8) is 0 Å². The predicted molar refractivity (Wildman–Crippen MR) is 67.1 cm³/mol. The van der Waals surface area contributed by atoms with E-state index in [1.807, 2.05) is 0 Å². The Morgan fingerprint density at radius 1 is 1.19 bits per heavy atom. The minimum Gasteiger partial charge on any atom is -0.339 e. The van der Waals surface area contributed by atoms with E-state index in [-0.39, 0.29) is 5.82 Å². The number of halogens is 3. The lowest BCUT2D eigenvalue weighted by Crippen LogP contribution is -1.95. The molecular formula is C10H6Br2FN3. The first-order chi connectivity index (χ1) is 7.66. The van der Waals surface area contributed by atoms with E-state index in [1.54, 1.807) is 18.3 Å². The molecule has 0 bridgehead atoms. The molecule has 0 aliphatic carbocycles. The molecule has 0 aliphatic rings. The highest BCUT2D eigenvalue weighted by molar-refractivity contribution is 9.10. The van der Waals surface area contributed by atoms with Gasteiger partial charge in [-0.2, -0.15) is 0 Å². The van der Waals surface area contributed by atoms with Crippen LogP contribution in [0.1, 0.15) is 0 Å². The molecule has 0 aliphatic heterocycles. The Labute approximate surface area is 108 Å². The first-order valence-electron chi connectivity index (χ1n) is 4.34. The molecule has 0 fully saturated rings. The van der Waals surface area contributed by atoms with Crippen LogP contribution in [0.2, 0.25) is 0 Å². The van der Waals surface area contributed by atoms with Crippen molar-refractivity contribution < 1.29 is 4.39 Å². The normalized spacial score (nSPS) is 10.2. The van der Waals surface area contributed by atoms with Gasteiger partial charge in [0.2, 0.25) is 0 Å². The monoisotopic (exact) mass is 345 g/mol. The zero-order valence-electron chi connectivity index (χ0n) is 7.92. The summed E-state index contributed by atoms with van der Waals surface area (Å²) in [4.78, 5) is 7.86. The Kier molecular flexibility index (Phi) is 3.50. The van der Waals surface area contributed by atoms with Gasteiger partial charge in [-0.25, -0.2) is 14.4 Å². The maximum Gasteiger partial charge on any atom is 0.148 e. The maximum absolute atomic E-state index is 13.3. The molecule has 16 heavy (non-hydrogen) atoms. The smallest absolute Gasteiger partial charge is 0.148 e. The summed E-state index contributed by atoms with van der Waals surface area (Å²) in [5, 5.41) is 2.98. The van der Waals surface area contributed by atoms with Crippen LogP contribution >= 0.6 is 31.9 Å². The van der Waals surface area contributed by atoms with E-state index in [4.69, 9.17) is 0 Å². The maximum atomic E-state index is 13.3. The van der Waals surface area contributed by atoms with Crippen LogP contribution in [0.3, 0.4) is 0 Å². The molecule has 3 nitrogen and oxygen atoms in total. The molecule has 82 valence electrons. The Hall–Kier alpha value is -1.01. The molecule has 2 aromatic rings. The first kappa shape index (κ1) is 11.5. The molecule has 6 heteroatoms. The minimum atomic E-state index is -0.324. The Balaban J connectivity index is 2.28. The number of nitrogens with zero attached hydrogens (tertiary/aromatic N) is 2. The lowest BCUT2D eigenvalue weighted by molar-refractivity contribution is 0.622. The highest BCUT2D eigenvalue weighted by Crippen LogP contribution is 2.24. The van der Waals surface area contributed by atoms with Crippen molar-refractivity contribution in [2.45, 2.75) is 0 Å². The van der Waals surface area contributed by atoms with E-state index in [2.05, 4.69) is 47.1 Å². The number of hydrogen-bond donors (Lipinski definition) is 1. The van der Waals surface area contributed by atoms with Crippen LogP contribution in [-0.2, 0) is 0 Å². The van der Waals surface area contributed by atoms with Gasteiger partial charge in [0.25, 0.3) is 0 Å². The van der Waals surface area contributed by atoms with Crippen molar-refractivity contribution in [2.24, 2.45) is 0 Å². The number of anilines is 2. The number of hydrogen-bond acceptors (Lipinski definition) is 3. The number of benzene rings is 1. The SMILES string of the molecule is Fc1cc(Nc2ncncc2Br)ccc1Br. The summed E-state index contributed by atoms with van der Waals surface area (Å²) in [5.41, 5.74) is 0.625. The molecule has 2 rings (SSSR count). The summed E-state index contributed by atoms with van der Waals surface area (Å²) in [7, 11) is 0. The topological polar surface area (TPSA) is 37.8 Å². The average molecular weight is 347 g/mol. The third kappa shape index (κ3) is 2.56. The van der Waals surface area contributed by atoms with Gasteiger partial charge in [0.1, 0.15) is 18.0 Å². The van der Waals surface area contributed by atoms with Gasteiger partial charge in [0, 0.05) is 11.9 Å². The van der Waals surface area contributed by atoms with E-state index in [0.717, 1.165) is 4.47 Å². The second-order valence-electron chi connectivity index (χ2n) is 2.97. The average Bonchev–Trinajstić information content (AvgIpc) is 2.27. The third-order valence-corrected chi connectivity index (χ3v) is 3.07. The molecule has 1 aromatic carbocycles. The molecule has 0 unspecified atom stereocenters. The molecule has 1 N–H and O–H groups in total. The first-order valence-corrected chi connectivity index (χ1v) is 5.93. The summed E-state index contributed by atoms with van der Waals surface area (Å²) in [6, 6.07) is 4.77. The quantitative estimate of drug-likeness (QED) is 0.896.